The number of amides is 2. The molecule has 0 saturated heterocycles. The first-order chi connectivity index (χ1) is 42.2. The summed E-state index contributed by atoms with van der Waals surface area (Å²) in [5.74, 6) is -1.29. The van der Waals surface area contributed by atoms with Crippen LogP contribution in [0.1, 0.15) is 90.1 Å². The molecular formula is C76H77N3O5S3. The fourth-order valence-corrected chi connectivity index (χ4v) is 16.0. The maximum absolute atomic E-state index is 16.0. The van der Waals surface area contributed by atoms with Gasteiger partial charge in [-0.15, -0.1) is 35.3 Å². The molecule has 0 aliphatic rings. The highest BCUT2D eigenvalue weighted by Crippen LogP contribution is 2.52. The molecule has 0 saturated carbocycles. The van der Waals surface area contributed by atoms with Crippen molar-refractivity contribution >= 4 is 58.9 Å². The zero-order chi connectivity index (χ0) is 61.1. The third-order valence-corrected chi connectivity index (χ3v) is 20.6. The van der Waals surface area contributed by atoms with Gasteiger partial charge in [-0.3, -0.25) is 14.4 Å². The lowest BCUT2D eigenvalue weighted by Gasteiger charge is -2.37. The number of hydrogen-bond acceptors (Lipinski definition) is 9. The van der Waals surface area contributed by atoms with Gasteiger partial charge in [-0.2, -0.15) is 0 Å². The van der Waals surface area contributed by atoms with E-state index in [-0.39, 0.29) is 48.2 Å². The van der Waals surface area contributed by atoms with Crippen LogP contribution in [0.25, 0.3) is 0 Å². The Kier molecular flexibility index (Phi) is 22.0. The number of ether oxygens (including phenoxy) is 1. The molecule has 0 aliphatic carbocycles. The van der Waals surface area contributed by atoms with Gasteiger partial charge in [-0.05, 0) is 77.3 Å². The van der Waals surface area contributed by atoms with Crippen LogP contribution in [0, 0.1) is 5.92 Å². The van der Waals surface area contributed by atoms with Gasteiger partial charge in [-0.1, -0.05) is 273 Å². The average Bonchev–Trinajstić information content (AvgIpc) is 3.73. The Hall–Kier alpha value is -7.93. The second-order valence-electron chi connectivity index (χ2n) is 22.8. The maximum Gasteiger partial charge on any atom is 0.410 e. The van der Waals surface area contributed by atoms with Gasteiger partial charge < -0.3 is 20.7 Å². The molecule has 87 heavy (non-hydrogen) atoms. The number of thioether (sulfide) groups is 3. The molecule has 0 heterocycles. The number of nitrogens with one attached hydrogen (secondary N) is 1. The third kappa shape index (κ3) is 15.4. The normalized spacial score (nSPS) is 12.9. The van der Waals surface area contributed by atoms with Gasteiger partial charge in [0, 0.05) is 43.7 Å². The van der Waals surface area contributed by atoms with Gasteiger partial charge in [-0.25, -0.2) is 4.79 Å². The molecule has 11 heteroatoms. The van der Waals surface area contributed by atoms with Crippen LogP contribution in [0.15, 0.2) is 273 Å². The van der Waals surface area contributed by atoms with Crippen molar-refractivity contribution in [2.24, 2.45) is 11.7 Å². The summed E-state index contributed by atoms with van der Waals surface area (Å²) in [7, 11) is 1.66. The van der Waals surface area contributed by atoms with E-state index in [1.54, 1.807) is 42.3 Å². The Balaban J connectivity index is 1.10. The molecule has 0 aliphatic heterocycles. The number of carbonyl (C=O) groups excluding carboxylic acids is 4. The number of hydrogen-bond donors (Lipinski definition) is 2. The van der Waals surface area contributed by atoms with Gasteiger partial charge in [0.1, 0.15) is 5.60 Å². The SMILES string of the molecule is CN(CCCC(=O)[C@H](CSC(c1ccccc1)(c1ccccc1)c1ccccc1)NC(=O)[C@H](CSC(c1ccccc1)(c1ccccc1)c1ccccc1)CC(=O)[C@@H](N)CSC(c1ccccc1)(c1ccccc1)c1ccccc1)C(=O)OC(C)(C)C. The monoisotopic (exact) mass is 1210 g/mol. The maximum atomic E-state index is 16.0. The smallest absolute Gasteiger partial charge is 0.410 e. The van der Waals surface area contributed by atoms with Crippen molar-refractivity contribution in [3.05, 3.63) is 323 Å². The van der Waals surface area contributed by atoms with Crippen LogP contribution in [0.3, 0.4) is 0 Å². The first-order valence-corrected chi connectivity index (χ1v) is 32.7. The molecule has 2 amide bonds. The van der Waals surface area contributed by atoms with Crippen molar-refractivity contribution in [3.63, 3.8) is 0 Å². The summed E-state index contributed by atoms with van der Waals surface area (Å²) in [5.41, 5.74) is 15.7. The Labute approximate surface area is 527 Å². The molecule has 0 aromatic heterocycles. The molecular weight excluding hydrogens is 1130 g/mol. The lowest BCUT2D eigenvalue weighted by molar-refractivity contribution is -0.131. The van der Waals surface area contributed by atoms with Crippen molar-refractivity contribution in [2.45, 2.75) is 72.0 Å². The minimum atomic E-state index is -1.03. The zero-order valence-electron chi connectivity index (χ0n) is 50.0. The van der Waals surface area contributed by atoms with Crippen LogP contribution < -0.4 is 11.1 Å². The lowest BCUT2D eigenvalue weighted by atomic mass is 9.84. The summed E-state index contributed by atoms with van der Waals surface area (Å²) >= 11 is 4.79. The first-order valence-electron chi connectivity index (χ1n) is 29.7. The van der Waals surface area contributed by atoms with Gasteiger partial charge in [0.05, 0.1) is 32.2 Å². The summed E-state index contributed by atoms with van der Waals surface area (Å²) in [5, 5.41) is 3.33. The number of carbonyl (C=O) groups is 4. The van der Waals surface area contributed by atoms with E-state index >= 15 is 14.4 Å². The van der Waals surface area contributed by atoms with Crippen LogP contribution in [0.2, 0.25) is 0 Å². The highest BCUT2D eigenvalue weighted by molar-refractivity contribution is 8.01. The van der Waals surface area contributed by atoms with Gasteiger partial charge >= 0.3 is 6.09 Å². The van der Waals surface area contributed by atoms with E-state index < -0.39 is 49.8 Å². The second-order valence-corrected chi connectivity index (χ2v) is 26.5. The summed E-state index contributed by atoms with van der Waals surface area (Å²) in [6, 6.07) is 90.6. The van der Waals surface area contributed by atoms with E-state index in [4.69, 9.17) is 10.5 Å². The number of nitrogens with zero attached hydrogens (tertiary/aromatic N) is 1. The zero-order valence-corrected chi connectivity index (χ0v) is 52.4. The topological polar surface area (TPSA) is 119 Å². The van der Waals surface area contributed by atoms with E-state index in [0.717, 1.165) is 50.1 Å². The summed E-state index contributed by atoms with van der Waals surface area (Å²) < 4.78 is 3.26. The highest BCUT2D eigenvalue weighted by Gasteiger charge is 2.43. The van der Waals surface area contributed by atoms with Crippen LogP contribution in [-0.4, -0.2) is 77.0 Å². The number of benzene rings is 9. The van der Waals surface area contributed by atoms with Crippen molar-refractivity contribution in [3.8, 4) is 0 Å². The van der Waals surface area contributed by atoms with Crippen molar-refractivity contribution in [1.29, 1.82) is 0 Å². The Bertz CT molecular complexity index is 3290. The minimum Gasteiger partial charge on any atom is -0.444 e. The lowest BCUT2D eigenvalue weighted by Crippen LogP contribution is -2.48. The van der Waals surface area contributed by atoms with Crippen molar-refractivity contribution < 1.29 is 23.9 Å². The van der Waals surface area contributed by atoms with Crippen LogP contribution in [0.4, 0.5) is 4.79 Å². The summed E-state index contributed by atoms with van der Waals surface area (Å²) in [6.07, 6.45) is -0.305. The van der Waals surface area contributed by atoms with E-state index in [9.17, 15) is 4.79 Å². The van der Waals surface area contributed by atoms with Gasteiger partial charge in [0.2, 0.25) is 5.91 Å². The van der Waals surface area contributed by atoms with Crippen LogP contribution >= 0.6 is 35.3 Å². The van der Waals surface area contributed by atoms with Gasteiger partial charge in [0.25, 0.3) is 0 Å². The molecule has 9 rings (SSSR count). The quantitative estimate of drug-likeness (QED) is 0.0462. The predicted molar refractivity (Wildman–Crippen MR) is 361 cm³/mol. The van der Waals surface area contributed by atoms with Gasteiger partial charge in [0.15, 0.2) is 11.6 Å². The van der Waals surface area contributed by atoms with Crippen molar-refractivity contribution in [1.82, 2.24) is 10.2 Å². The largest absolute Gasteiger partial charge is 0.444 e. The van der Waals surface area contributed by atoms with E-state index in [0.29, 0.717) is 6.42 Å². The Morgan fingerprint density at radius 1 is 0.425 bits per heavy atom. The fourth-order valence-electron chi connectivity index (χ4n) is 11.3. The van der Waals surface area contributed by atoms with E-state index in [1.165, 1.54) is 4.90 Å². The van der Waals surface area contributed by atoms with E-state index in [2.05, 4.69) is 115 Å². The van der Waals surface area contributed by atoms with Crippen LogP contribution in [-0.2, 0) is 33.4 Å². The fraction of sp³-hybridized carbons (Fsp3) is 0.237. The average molecular weight is 1210 g/mol. The third-order valence-electron chi connectivity index (χ3n) is 15.6. The first kappa shape index (κ1) is 63.6. The molecule has 8 nitrogen and oxygen atoms in total. The number of Topliss-reactive ketones (excluding diaryl/α,β-unsaturated/α-hetero) is 2. The highest BCUT2D eigenvalue weighted by atomic mass is 32.2. The molecule has 0 radical (unpaired) electrons. The number of rotatable bonds is 28. The molecule has 0 unspecified atom stereocenters. The predicted octanol–water partition coefficient (Wildman–Crippen LogP) is 15.8. The number of nitrogens with two attached hydrogens (primary N) is 1. The molecule has 9 aromatic carbocycles. The summed E-state index contributed by atoms with van der Waals surface area (Å²) in [6.45, 7) is 5.71. The Morgan fingerprint density at radius 3 is 0.989 bits per heavy atom. The van der Waals surface area contributed by atoms with E-state index in [1.807, 2.05) is 185 Å². The molecule has 0 spiro atoms. The molecule has 444 valence electrons. The van der Waals surface area contributed by atoms with Crippen LogP contribution in [0.5, 0.6) is 0 Å². The standard InChI is InChI=1S/C76H77N3O5S3/c1-73(2,3)84-72(83)79(4)52-32-51-69(80)68(56-87-76(64-45-26-11-27-46-64,65-47-28-12-29-48-65)66-49-30-13-31-50-66)78-71(82)57(54-85-74(58-33-14-5-15-34-58,59-35-16-6-17-36-59)60-37-18-7-19-38-60)53-70(81)67(77)55-86-75(61-39-20-8-21-40-61,62-41-22-9-23-42-62)63-43-24-10-25-44-63/h5-31,33-50,57,67-68H,32,51-56,77H2,1-4H3,(H,78,82)/t57-,67-,68-/m0/s1. The Morgan fingerprint density at radius 2 is 0.701 bits per heavy atom. The molecule has 3 N–H and O–H groups in total. The second kappa shape index (κ2) is 30.1. The minimum absolute atomic E-state index is 0.0548. The number of ketones is 2. The molecule has 3 atom stereocenters. The van der Waals surface area contributed by atoms with Crippen molar-refractivity contribution in [2.75, 3.05) is 30.9 Å². The molecule has 0 fully saturated rings. The summed E-state index contributed by atoms with van der Waals surface area (Å²) in [4.78, 5) is 61.3. The molecule has 9 aromatic rings. The molecule has 0 bridgehead atoms.